The van der Waals surface area contributed by atoms with Crippen LogP contribution in [-0.4, -0.2) is 14.1 Å². The molecule has 0 aliphatic rings. The fraction of sp³-hybridized carbons (Fsp3) is 0.200. The maximum atomic E-state index is 5.87. The third kappa shape index (κ3) is 3.32. The van der Waals surface area contributed by atoms with Crippen molar-refractivity contribution in [2.75, 3.05) is 14.1 Å². The lowest BCUT2D eigenvalue weighted by Gasteiger charge is -2.07. The lowest BCUT2D eigenvalue weighted by molar-refractivity contribution is -0.786. The maximum Gasteiger partial charge on any atom is 0.130 e. The van der Waals surface area contributed by atoms with Crippen molar-refractivity contribution < 1.29 is 4.90 Å². The first-order chi connectivity index (χ1) is 8.15. The third-order valence-corrected chi connectivity index (χ3v) is 3.10. The first-order valence-corrected chi connectivity index (χ1v) is 6.17. The highest BCUT2D eigenvalue weighted by Gasteiger charge is 2.01. The molecule has 0 aliphatic heterocycles. The topological polar surface area (TPSA) is 4.44 Å². The van der Waals surface area contributed by atoms with Gasteiger partial charge < -0.3 is 4.90 Å². The molecule has 0 fully saturated rings. The summed E-state index contributed by atoms with van der Waals surface area (Å²) in [7, 11) is 4.27. The molecule has 0 spiro atoms. The highest BCUT2D eigenvalue weighted by molar-refractivity contribution is 6.30. The molecule has 17 heavy (non-hydrogen) atoms. The van der Waals surface area contributed by atoms with Crippen molar-refractivity contribution in [2.24, 2.45) is 0 Å². The maximum absolute atomic E-state index is 5.87. The van der Waals surface area contributed by atoms with E-state index in [2.05, 4.69) is 50.5 Å². The number of quaternary nitrogens is 1. The Morgan fingerprint density at radius 3 is 1.76 bits per heavy atom. The Kier molecular flexibility index (Phi) is 3.82. The van der Waals surface area contributed by atoms with Crippen LogP contribution in [0.25, 0.3) is 0 Å². The van der Waals surface area contributed by atoms with Gasteiger partial charge in [0.05, 0.1) is 14.1 Å². The summed E-state index contributed by atoms with van der Waals surface area (Å²) in [6.07, 6.45) is 0.959. The number of benzene rings is 2. The molecule has 2 aromatic carbocycles. The van der Waals surface area contributed by atoms with Gasteiger partial charge in [-0.05, 0) is 41.8 Å². The first-order valence-electron chi connectivity index (χ1n) is 5.79. The van der Waals surface area contributed by atoms with Crippen molar-refractivity contribution in [3.8, 4) is 0 Å². The monoisotopic (exact) mass is 246 g/mol. The van der Waals surface area contributed by atoms with Gasteiger partial charge in [-0.2, -0.15) is 0 Å². The highest BCUT2D eigenvalue weighted by atomic mass is 35.5. The first kappa shape index (κ1) is 12.2. The van der Waals surface area contributed by atoms with Crippen molar-refractivity contribution in [1.82, 2.24) is 0 Å². The molecule has 0 saturated carbocycles. The number of rotatable bonds is 3. The van der Waals surface area contributed by atoms with Crippen LogP contribution in [0.3, 0.4) is 0 Å². The van der Waals surface area contributed by atoms with Gasteiger partial charge >= 0.3 is 0 Å². The summed E-state index contributed by atoms with van der Waals surface area (Å²) in [4.78, 5) is 1.35. The molecule has 88 valence electrons. The summed E-state index contributed by atoms with van der Waals surface area (Å²) >= 11 is 5.87. The van der Waals surface area contributed by atoms with Crippen molar-refractivity contribution in [2.45, 2.75) is 6.42 Å². The van der Waals surface area contributed by atoms with Crippen LogP contribution in [0.4, 0.5) is 5.69 Å². The van der Waals surface area contributed by atoms with E-state index in [0.717, 1.165) is 11.4 Å². The van der Waals surface area contributed by atoms with Crippen LogP contribution in [0.15, 0.2) is 48.5 Å². The molecular weight excluding hydrogens is 230 g/mol. The Labute approximate surface area is 108 Å². The van der Waals surface area contributed by atoms with E-state index in [-0.39, 0.29) is 0 Å². The van der Waals surface area contributed by atoms with E-state index < -0.39 is 0 Å². The summed E-state index contributed by atoms with van der Waals surface area (Å²) in [6, 6.07) is 16.8. The number of hydrogen-bond acceptors (Lipinski definition) is 0. The molecule has 0 amide bonds. The Hall–Kier alpha value is -1.31. The second-order valence-corrected chi connectivity index (χ2v) is 4.94. The standard InChI is InChI=1S/C15H16ClN/c1-17(2)15-9-5-13(6-10-15)11-12-3-7-14(16)8-4-12/h3-10H,11H2,1-2H3/p+1. The van der Waals surface area contributed by atoms with Crippen LogP contribution >= 0.6 is 11.6 Å². The number of hydrogen-bond donors (Lipinski definition) is 1. The predicted molar refractivity (Wildman–Crippen MR) is 73.2 cm³/mol. The van der Waals surface area contributed by atoms with Crippen LogP contribution in [0.2, 0.25) is 5.02 Å². The summed E-state index contributed by atoms with van der Waals surface area (Å²) in [6.45, 7) is 0. The Morgan fingerprint density at radius 1 is 0.824 bits per heavy atom. The van der Waals surface area contributed by atoms with E-state index in [1.54, 1.807) is 0 Å². The smallest absolute Gasteiger partial charge is 0.130 e. The minimum atomic E-state index is 0.792. The Morgan fingerprint density at radius 2 is 1.29 bits per heavy atom. The summed E-state index contributed by atoms with van der Waals surface area (Å²) in [5.74, 6) is 0. The quantitative estimate of drug-likeness (QED) is 0.850. The van der Waals surface area contributed by atoms with E-state index in [9.17, 15) is 0 Å². The third-order valence-electron chi connectivity index (χ3n) is 2.85. The van der Waals surface area contributed by atoms with Gasteiger partial charge in [0, 0.05) is 5.02 Å². The van der Waals surface area contributed by atoms with Crippen molar-refractivity contribution in [3.05, 3.63) is 64.7 Å². The summed E-state index contributed by atoms with van der Waals surface area (Å²) < 4.78 is 0. The molecule has 1 N–H and O–H groups in total. The van der Waals surface area contributed by atoms with Crippen LogP contribution < -0.4 is 4.90 Å². The van der Waals surface area contributed by atoms with Crippen molar-refractivity contribution in [1.29, 1.82) is 0 Å². The van der Waals surface area contributed by atoms with E-state index >= 15 is 0 Å². The minimum absolute atomic E-state index is 0.792. The van der Waals surface area contributed by atoms with E-state index in [1.807, 2.05) is 12.1 Å². The van der Waals surface area contributed by atoms with Gasteiger partial charge in [-0.1, -0.05) is 35.9 Å². The molecule has 0 saturated heterocycles. The van der Waals surface area contributed by atoms with Crippen molar-refractivity contribution in [3.63, 3.8) is 0 Å². The number of nitrogens with one attached hydrogen (secondary N) is 1. The van der Waals surface area contributed by atoms with Crippen molar-refractivity contribution >= 4 is 17.3 Å². The van der Waals surface area contributed by atoms with E-state index in [1.165, 1.54) is 21.7 Å². The largest absolute Gasteiger partial charge is 0.307 e. The molecule has 0 heterocycles. The van der Waals surface area contributed by atoms with E-state index in [0.29, 0.717) is 0 Å². The molecular formula is C15H17ClN+. The Bertz CT molecular complexity index is 471. The zero-order chi connectivity index (χ0) is 12.3. The molecule has 0 radical (unpaired) electrons. The van der Waals surface area contributed by atoms with Gasteiger partial charge in [0.2, 0.25) is 0 Å². The van der Waals surface area contributed by atoms with Crippen LogP contribution in [0.1, 0.15) is 11.1 Å². The van der Waals surface area contributed by atoms with Crippen LogP contribution in [0.5, 0.6) is 0 Å². The van der Waals surface area contributed by atoms with Gasteiger partial charge in [-0.3, -0.25) is 0 Å². The summed E-state index contributed by atoms with van der Waals surface area (Å²) in [5.41, 5.74) is 3.93. The molecule has 0 unspecified atom stereocenters. The van der Waals surface area contributed by atoms with Gasteiger partial charge in [-0.15, -0.1) is 0 Å². The predicted octanol–water partition coefficient (Wildman–Crippen LogP) is 2.71. The molecule has 1 nitrogen and oxygen atoms in total. The molecule has 0 aliphatic carbocycles. The molecule has 2 rings (SSSR count). The van der Waals surface area contributed by atoms with Gasteiger partial charge in [0.15, 0.2) is 0 Å². The van der Waals surface area contributed by atoms with Gasteiger partial charge in [0.1, 0.15) is 5.69 Å². The lowest BCUT2D eigenvalue weighted by Crippen LogP contribution is -3.00. The van der Waals surface area contributed by atoms with Gasteiger partial charge in [-0.25, -0.2) is 0 Å². The number of halogens is 1. The highest BCUT2D eigenvalue weighted by Crippen LogP contribution is 2.14. The Balaban J connectivity index is 2.11. The SMILES string of the molecule is C[NH+](C)c1ccc(Cc2ccc(Cl)cc2)cc1. The van der Waals surface area contributed by atoms with E-state index in [4.69, 9.17) is 11.6 Å². The lowest BCUT2D eigenvalue weighted by atomic mass is 10.0. The second kappa shape index (κ2) is 5.35. The normalized spacial score (nSPS) is 10.8. The van der Waals surface area contributed by atoms with Gasteiger partial charge in [0.25, 0.3) is 0 Å². The average Bonchev–Trinajstić information content (AvgIpc) is 2.33. The zero-order valence-corrected chi connectivity index (χ0v) is 11.0. The minimum Gasteiger partial charge on any atom is -0.307 e. The molecule has 0 atom stereocenters. The fourth-order valence-corrected chi connectivity index (χ4v) is 1.92. The molecule has 0 bridgehead atoms. The second-order valence-electron chi connectivity index (χ2n) is 4.50. The zero-order valence-electron chi connectivity index (χ0n) is 10.2. The molecule has 0 aromatic heterocycles. The average molecular weight is 247 g/mol. The molecule has 2 aromatic rings. The van der Waals surface area contributed by atoms with Crippen LogP contribution in [-0.2, 0) is 6.42 Å². The summed E-state index contributed by atoms with van der Waals surface area (Å²) in [5, 5.41) is 0.792. The fourth-order valence-electron chi connectivity index (χ4n) is 1.79. The van der Waals surface area contributed by atoms with Crippen LogP contribution in [0, 0.1) is 0 Å². The molecule has 2 heteroatoms.